The predicted octanol–water partition coefficient (Wildman–Crippen LogP) is 6.95. The molecule has 0 saturated carbocycles. The van der Waals surface area contributed by atoms with Gasteiger partial charge in [0.15, 0.2) is 11.3 Å². The lowest BCUT2D eigenvalue weighted by molar-refractivity contribution is 0.0494. The number of alkyl carbamates (subject to hydrolysis) is 1. The summed E-state index contributed by atoms with van der Waals surface area (Å²) >= 11 is 18.8. The topological polar surface area (TPSA) is 279 Å². The second-order valence-corrected chi connectivity index (χ2v) is 27.9. The molecule has 6 aliphatic rings. The number of fused-ring (bicyclic) bond motifs is 2. The summed E-state index contributed by atoms with van der Waals surface area (Å²) in [5.41, 5.74) is 8.90. The molecule has 4 aromatic heterocycles. The van der Waals surface area contributed by atoms with Crippen LogP contribution in [0, 0.1) is 0 Å². The number of nitrogens with one attached hydrogen (secondary N) is 4. The molecule has 0 unspecified atom stereocenters. The maximum atomic E-state index is 13.9. The number of likely N-dealkylation sites (tertiary alicyclic amines) is 2. The number of carbonyl (C=O) groups excluding carboxylic acids is 3. The third-order valence-electron chi connectivity index (χ3n) is 15.1. The molecule has 2 aromatic carbocycles. The highest BCUT2D eigenvalue weighted by atomic mass is 35.5. The van der Waals surface area contributed by atoms with Gasteiger partial charge in [-0.1, -0.05) is 34.8 Å². The van der Waals surface area contributed by atoms with Gasteiger partial charge in [0, 0.05) is 92.7 Å². The molecule has 6 fully saturated rings. The number of carbonyl (C=O) groups is 3. The lowest BCUT2D eigenvalue weighted by atomic mass is 9.98. The van der Waals surface area contributed by atoms with Crippen molar-refractivity contribution in [3.63, 3.8) is 0 Å². The molecule has 0 bridgehead atoms. The van der Waals surface area contributed by atoms with Crippen molar-refractivity contribution < 1.29 is 36.0 Å². The van der Waals surface area contributed by atoms with Crippen molar-refractivity contribution in [1.29, 1.82) is 0 Å². The van der Waals surface area contributed by atoms with Crippen LogP contribution in [0.25, 0.3) is 11.3 Å². The molecule has 6 aromatic rings. The fraction of sp³-hybridized carbons (Fsp3) is 0.509. The number of nitrogens with zero attached hydrogens (tertiary/aromatic N) is 11. The number of rotatable bonds is 12. The third-order valence-corrected chi connectivity index (χ3v) is 16.9. The van der Waals surface area contributed by atoms with Crippen LogP contribution < -0.4 is 40.5 Å². The molecule has 452 valence electrons. The molecular weight excluding hydrogens is 1180 g/mol. The Hall–Kier alpha value is -6.42. The van der Waals surface area contributed by atoms with Gasteiger partial charge in [-0.05, 0) is 122 Å². The minimum absolute atomic E-state index is 0.101. The van der Waals surface area contributed by atoms with E-state index in [9.17, 15) is 31.2 Å². The van der Waals surface area contributed by atoms with Gasteiger partial charge in [0.2, 0.25) is 20.0 Å². The molecule has 10 heterocycles. The molecular formula is C55H71Cl3N16O8S2. The van der Waals surface area contributed by atoms with E-state index in [-0.39, 0.29) is 58.5 Å². The molecule has 2 atom stereocenters. The summed E-state index contributed by atoms with van der Waals surface area (Å²) in [6, 6.07) is 16.0. The third kappa shape index (κ3) is 14.4. The van der Waals surface area contributed by atoms with Gasteiger partial charge in [0.05, 0.1) is 64.5 Å². The molecule has 12 rings (SSSR count). The van der Waals surface area contributed by atoms with Gasteiger partial charge in [0.25, 0.3) is 11.8 Å². The van der Waals surface area contributed by atoms with Crippen molar-refractivity contribution in [2.45, 2.75) is 102 Å². The van der Waals surface area contributed by atoms with E-state index in [0.717, 1.165) is 100 Å². The number of nitrogens with two attached hydrogens (primary N) is 1. The van der Waals surface area contributed by atoms with E-state index in [1.54, 1.807) is 26.4 Å². The fourth-order valence-corrected chi connectivity index (χ4v) is 12.4. The molecule has 6 N–H and O–H groups in total. The van der Waals surface area contributed by atoms with Crippen molar-refractivity contribution in [2.24, 2.45) is 5.73 Å². The van der Waals surface area contributed by atoms with Crippen LogP contribution in [0.2, 0.25) is 15.2 Å². The highest BCUT2D eigenvalue weighted by Gasteiger charge is 2.37. The molecule has 6 aliphatic heterocycles. The second-order valence-electron chi connectivity index (χ2n) is 23.1. The number of halogens is 3. The van der Waals surface area contributed by atoms with Crippen molar-refractivity contribution >= 4 is 113 Å². The number of ether oxygens (including phenoxy) is 1. The maximum Gasteiger partial charge on any atom is 0.407 e. The Morgan fingerprint density at radius 3 is 1.55 bits per heavy atom. The van der Waals surface area contributed by atoms with E-state index in [1.807, 2.05) is 42.3 Å². The zero-order chi connectivity index (χ0) is 59.8. The number of amides is 3. The van der Waals surface area contributed by atoms with E-state index in [0.29, 0.717) is 65.0 Å². The summed E-state index contributed by atoms with van der Waals surface area (Å²) in [5, 5.41) is 16.8. The summed E-state index contributed by atoms with van der Waals surface area (Å²) in [5.74, 6) is 1.95. The first-order valence-corrected chi connectivity index (χ1v) is 33.1. The fourth-order valence-electron chi connectivity index (χ4n) is 10.7. The predicted molar refractivity (Wildman–Crippen MR) is 326 cm³/mol. The number of hydrogen-bond donors (Lipinski definition) is 5. The summed E-state index contributed by atoms with van der Waals surface area (Å²) in [6.45, 7) is 13.5. The van der Waals surface area contributed by atoms with E-state index >= 15 is 0 Å². The molecule has 3 amide bonds. The minimum Gasteiger partial charge on any atom is -0.444 e. The van der Waals surface area contributed by atoms with Crippen LogP contribution in [0.1, 0.15) is 116 Å². The highest BCUT2D eigenvalue weighted by Crippen LogP contribution is 2.38. The van der Waals surface area contributed by atoms with Gasteiger partial charge >= 0.3 is 6.09 Å². The number of piperidine rings is 2. The molecule has 0 spiro atoms. The lowest BCUT2D eigenvalue weighted by Crippen LogP contribution is -2.60. The first kappa shape index (κ1) is 60.7. The normalized spacial score (nSPS) is 19.4. The van der Waals surface area contributed by atoms with Gasteiger partial charge < -0.3 is 45.6 Å². The summed E-state index contributed by atoms with van der Waals surface area (Å²) in [7, 11) is -7.22. The SMILES string of the molecule is C1CNC1.CC(C)(C)OC(=O)NC1CN(c2cc(Cl)nc3cc([C@@H]4CCCCN4C(=O)c4cc(Cl)ccc4NS(C)(=O)=O)nn23)C1.CS(=O)(=O)Nc1ccc(Cl)cc1C(=O)N1CCCC[C@H]1c1cc2nc(N3CCC3)cc(N3CC(N)C3)n2n1. The molecule has 24 nitrogen and oxygen atoms in total. The maximum absolute atomic E-state index is 13.9. The zero-order valence-corrected chi connectivity index (χ0v) is 51.4. The Kier molecular flexibility index (Phi) is 18.0. The van der Waals surface area contributed by atoms with Gasteiger partial charge in [-0.15, -0.1) is 0 Å². The summed E-state index contributed by atoms with van der Waals surface area (Å²) in [6.07, 6.45) is 9.04. The Labute approximate surface area is 503 Å². The van der Waals surface area contributed by atoms with Crippen molar-refractivity contribution in [1.82, 2.24) is 49.6 Å². The van der Waals surface area contributed by atoms with Crippen LogP contribution in [0.15, 0.2) is 60.7 Å². The average Bonchev–Trinajstić information content (AvgIpc) is 1.96. The van der Waals surface area contributed by atoms with Crippen molar-refractivity contribution in [3.05, 3.63) is 98.4 Å². The Bertz CT molecular complexity index is 3670. The Morgan fingerprint density at radius 1 is 0.631 bits per heavy atom. The van der Waals surface area contributed by atoms with Gasteiger partial charge in [0.1, 0.15) is 28.2 Å². The smallest absolute Gasteiger partial charge is 0.407 e. The summed E-state index contributed by atoms with van der Waals surface area (Å²) < 4.78 is 61.6. The lowest BCUT2D eigenvalue weighted by Gasteiger charge is -2.41. The summed E-state index contributed by atoms with van der Waals surface area (Å²) in [4.78, 5) is 59.2. The van der Waals surface area contributed by atoms with Crippen LogP contribution in [0.3, 0.4) is 0 Å². The van der Waals surface area contributed by atoms with Crippen LogP contribution in [0.5, 0.6) is 0 Å². The number of hydrogen-bond acceptors (Lipinski definition) is 17. The molecule has 6 saturated heterocycles. The van der Waals surface area contributed by atoms with Gasteiger partial charge in [-0.25, -0.2) is 31.6 Å². The van der Waals surface area contributed by atoms with Crippen LogP contribution in [0.4, 0.5) is 33.6 Å². The van der Waals surface area contributed by atoms with Crippen LogP contribution in [-0.2, 0) is 24.8 Å². The molecule has 0 aliphatic carbocycles. The highest BCUT2D eigenvalue weighted by molar-refractivity contribution is 7.92. The molecule has 0 radical (unpaired) electrons. The average molecular weight is 1250 g/mol. The standard InChI is InChI=1S/C27H33Cl2N7O5S.C25H31ClN8O3S.C3H7N/c1-27(2,3)41-26(38)30-17-14-34(15-17)24-13-22(29)31-23-12-20(32-36(23)24)21-7-5-6-10-35(21)25(37)18-11-16(28)8-9-19(18)33-42(4,39)40;1-38(36,37)30-19-7-6-16(26)11-18(19)25(35)33-10-3-2-5-21(33)20-12-23-28-22(31-8-4-9-31)13-24(34(23)29-20)32-14-17(27)15-32;1-2-4-3-1/h8-9,11-13,17,21,33H,5-7,10,14-15H2,1-4H3,(H,30,38);6-7,11-13,17,21,30H,2-5,8-10,14-15,27H2,1H3;4H,1-3H2/t2*21-;/m00./s1. The van der Waals surface area contributed by atoms with Crippen LogP contribution in [-0.4, -0.2) is 169 Å². The van der Waals surface area contributed by atoms with E-state index in [1.165, 1.54) is 49.8 Å². The molecule has 84 heavy (non-hydrogen) atoms. The van der Waals surface area contributed by atoms with Gasteiger partial charge in [-0.2, -0.15) is 19.2 Å². The van der Waals surface area contributed by atoms with Crippen molar-refractivity contribution in [3.8, 4) is 0 Å². The van der Waals surface area contributed by atoms with Gasteiger partial charge in [-0.3, -0.25) is 19.0 Å². The molecule has 29 heteroatoms. The largest absolute Gasteiger partial charge is 0.444 e. The van der Waals surface area contributed by atoms with Crippen molar-refractivity contribution in [2.75, 3.05) is 102 Å². The first-order chi connectivity index (χ1) is 39.8. The zero-order valence-electron chi connectivity index (χ0n) is 47.5. The van der Waals surface area contributed by atoms with E-state index < -0.39 is 31.7 Å². The second kappa shape index (κ2) is 24.9. The minimum atomic E-state index is -3.63. The number of anilines is 5. The number of sulfonamides is 2. The number of aromatic nitrogens is 6. The Morgan fingerprint density at radius 2 is 1.11 bits per heavy atom. The monoisotopic (exact) mass is 1250 g/mol. The van der Waals surface area contributed by atoms with Crippen LogP contribution >= 0.6 is 34.8 Å². The van der Waals surface area contributed by atoms with E-state index in [4.69, 9.17) is 60.5 Å². The number of benzene rings is 2. The van der Waals surface area contributed by atoms with E-state index in [2.05, 4.69) is 40.9 Å². The Balaban J connectivity index is 0.000000176. The first-order valence-electron chi connectivity index (χ1n) is 28.2. The quantitative estimate of drug-likeness (QED) is 0.0775.